The van der Waals surface area contributed by atoms with Crippen LogP contribution in [0.4, 0.5) is 5.69 Å². The summed E-state index contributed by atoms with van der Waals surface area (Å²) < 4.78 is 0. The Bertz CT molecular complexity index is 517. The molecule has 2 N–H and O–H groups in total. The molecule has 5 nitrogen and oxygen atoms in total. The van der Waals surface area contributed by atoms with Gasteiger partial charge in [0, 0.05) is 25.2 Å². The van der Waals surface area contributed by atoms with Crippen molar-refractivity contribution in [2.24, 2.45) is 5.92 Å². The van der Waals surface area contributed by atoms with E-state index in [9.17, 15) is 4.79 Å². The van der Waals surface area contributed by atoms with Gasteiger partial charge in [0.15, 0.2) is 0 Å². The fourth-order valence-electron chi connectivity index (χ4n) is 1.83. The van der Waals surface area contributed by atoms with E-state index in [0.717, 1.165) is 11.4 Å². The molecule has 5 heteroatoms. The van der Waals surface area contributed by atoms with E-state index in [0.29, 0.717) is 36.7 Å². The van der Waals surface area contributed by atoms with E-state index in [1.165, 1.54) is 0 Å². The van der Waals surface area contributed by atoms with Crippen molar-refractivity contribution in [3.05, 3.63) is 23.0 Å². The molecule has 0 radical (unpaired) electrons. The molecule has 0 aromatic carbocycles. The third kappa shape index (κ3) is 4.88. The van der Waals surface area contributed by atoms with E-state index in [1.807, 2.05) is 19.9 Å². The van der Waals surface area contributed by atoms with E-state index in [-0.39, 0.29) is 5.91 Å². The number of anilines is 1. The first-order chi connectivity index (χ1) is 9.43. The number of aryl methyl sites for hydroxylation is 2. The van der Waals surface area contributed by atoms with Gasteiger partial charge in [0.1, 0.15) is 6.07 Å². The maximum absolute atomic E-state index is 11.6. The van der Waals surface area contributed by atoms with Gasteiger partial charge in [-0.05, 0) is 25.8 Å². The second-order valence-corrected chi connectivity index (χ2v) is 5.26. The Morgan fingerprint density at radius 1 is 1.45 bits per heavy atom. The van der Waals surface area contributed by atoms with E-state index in [2.05, 4.69) is 35.5 Å². The van der Waals surface area contributed by atoms with Crippen LogP contribution >= 0.6 is 0 Å². The van der Waals surface area contributed by atoms with Crippen molar-refractivity contribution in [1.29, 1.82) is 5.26 Å². The Morgan fingerprint density at radius 2 is 2.15 bits per heavy atom. The summed E-state index contributed by atoms with van der Waals surface area (Å²) in [5.74, 6) is 0.467. The standard InChI is InChI=1S/C15H22N4O/c1-10(2)9-18-15(20)5-6-17-14-7-11(3)19-12(4)13(14)8-16/h7,10H,5-6,9H2,1-4H3,(H,17,19)(H,18,20). The lowest BCUT2D eigenvalue weighted by Gasteiger charge is -2.11. The highest BCUT2D eigenvalue weighted by Crippen LogP contribution is 2.18. The van der Waals surface area contributed by atoms with Crippen molar-refractivity contribution < 1.29 is 4.79 Å². The molecule has 20 heavy (non-hydrogen) atoms. The zero-order chi connectivity index (χ0) is 15.1. The summed E-state index contributed by atoms with van der Waals surface area (Å²) in [6, 6.07) is 3.97. The number of nitrogens with zero attached hydrogens (tertiary/aromatic N) is 2. The van der Waals surface area contributed by atoms with E-state index in [1.54, 1.807) is 0 Å². The minimum atomic E-state index is 0.0206. The van der Waals surface area contributed by atoms with Crippen LogP contribution in [0.1, 0.15) is 37.2 Å². The smallest absolute Gasteiger partial charge is 0.221 e. The lowest BCUT2D eigenvalue weighted by molar-refractivity contribution is -0.120. The average Bonchev–Trinajstić information content (AvgIpc) is 2.36. The average molecular weight is 274 g/mol. The van der Waals surface area contributed by atoms with Crippen LogP contribution in [0.25, 0.3) is 0 Å². The summed E-state index contributed by atoms with van der Waals surface area (Å²) in [6.45, 7) is 9.00. The van der Waals surface area contributed by atoms with Crippen LogP contribution in [0, 0.1) is 31.1 Å². The predicted molar refractivity (Wildman–Crippen MR) is 79.4 cm³/mol. The maximum Gasteiger partial charge on any atom is 0.221 e. The normalized spacial score (nSPS) is 10.2. The maximum atomic E-state index is 11.6. The number of rotatable bonds is 6. The van der Waals surface area contributed by atoms with Crippen molar-refractivity contribution in [3.63, 3.8) is 0 Å². The molecule has 0 aliphatic rings. The third-order valence-corrected chi connectivity index (χ3v) is 2.82. The van der Waals surface area contributed by atoms with Gasteiger partial charge in [-0.2, -0.15) is 5.26 Å². The van der Waals surface area contributed by atoms with Crippen LogP contribution in [-0.4, -0.2) is 24.0 Å². The molecule has 0 saturated heterocycles. The van der Waals surface area contributed by atoms with Crippen molar-refractivity contribution in [2.75, 3.05) is 18.4 Å². The molecule has 1 aromatic heterocycles. The molecule has 1 heterocycles. The molecule has 0 fully saturated rings. The third-order valence-electron chi connectivity index (χ3n) is 2.82. The summed E-state index contributed by atoms with van der Waals surface area (Å²) in [6.07, 6.45) is 0.387. The number of carbonyl (C=O) groups is 1. The molecule has 0 aliphatic heterocycles. The summed E-state index contributed by atoms with van der Waals surface area (Å²) in [7, 11) is 0. The number of amides is 1. The highest BCUT2D eigenvalue weighted by molar-refractivity contribution is 5.76. The number of hydrogen-bond acceptors (Lipinski definition) is 4. The molecule has 0 saturated carbocycles. The van der Waals surface area contributed by atoms with Crippen LogP contribution in [0.2, 0.25) is 0 Å². The summed E-state index contributed by atoms with van der Waals surface area (Å²) in [4.78, 5) is 15.9. The number of pyridine rings is 1. The quantitative estimate of drug-likeness (QED) is 0.833. The van der Waals surface area contributed by atoms with Crippen LogP contribution in [-0.2, 0) is 4.79 Å². The molecular formula is C15H22N4O. The molecule has 108 valence electrons. The zero-order valence-electron chi connectivity index (χ0n) is 12.6. The summed E-state index contributed by atoms with van der Waals surface area (Å²) in [5.41, 5.74) is 2.85. The Kier molecular flexibility index (Phi) is 5.98. The van der Waals surface area contributed by atoms with Crippen molar-refractivity contribution >= 4 is 11.6 Å². The summed E-state index contributed by atoms with van der Waals surface area (Å²) in [5, 5.41) is 15.1. The number of nitrogens with one attached hydrogen (secondary N) is 2. The highest BCUT2D eigenvalue weighted by Gasteiger charge is 2.08. The monoisotopic (exact) mass is 274 g/mol. The van der Waals surface area contributed by atoms with E-state index < -0.39 is 0 Å². The molecule has 1 aromatic rings. The Morgan fingerprint density at radius 3 is 2.75 bits per heavy atom. The molecule has 1 amide bonds. The Labute approximate surface area is 120 Å². The molecule has 1 rings (SSSR count). The Balaban J connectivity index is 2.54. The number of carbonyl (C=O) groups excluding carboxylic acids is 1. The van der Waals surface area contributed by atoms with Gasteiger partial charge >= 0.3 is 0 Å². The predicted octanol–water partition coefficient (Wildman–Crippen LogP) is 2.14. The first-order valence-electron chi connectivity index (χ1n) is 6.83. The molecule has 0 atom stereocenters. The van der Waals surface area contributed by atoms with Gasteiger partial charge in [-0.1, -0.05) is 13.8 Å². The SMILES string of the molecule is Cc1cc(NCCC(=O)NCC(C)C)c(C#N)c(C)n1. The van der Waals surface area contributed by atoms with Gasteiger partial charge in [-0.15, -0.1) is 0 Å². The largest absolute Gasteiger partial charge is 0.383 e. The molecule has 0 aliphatic carbocycles. The summed E-state index contributed by atoms with van der Waals surface area (Å²) >= 11 is 0. The van der Waals surface area contributed by atoms with Crippen molar-refractivity contribution in [2.45, 2.75) is 34.1 Å². The fourth-order valence-corrected chi connectivity index (χ4v) is 1.83. The van der Waals surface area contributed by atoms with Gasteiger partial charge < -0.3 is 10.6 Å². The van der Waals surface area contributed by atoms with Gasteiger partial charge in [0.2, 0.25) is 5.91 Å². The number of nitriles is 1. The van der Waals surface area contributed by atoms with Crippen LogP contribution in [0.5, 0.6) is 0 Å². The van der Waals surface area contributed by atoms with Gasteiger partial charge in [0.25, 0.3) is 0 Å². The minimum absolute atomic E-state index is 0.0206. The van der Waals surface area contributed by atoms with Gasteiger partial charge in [0.05, 0.1) is 16.9 Å². The lowest BCUT2D eigenvalue weighted by atomic mass is 10.1. The first-order valence-corrected chi connectivity index (χ1v) is 6.83. The fraction of sp³-hybridized carbons (Fsp3) is 0.533. The molecule has 0 spiro atoms. The van der Waals surface area contributed by atoms with Crippen LogP contribution < -0.4 is 10.6 Å². The van der Waals surface area contributed by atoms with Crippen LogP contribution in [0.3, 0.4) is 0 Å². The van der Waals surface area contributed by atoms with Crippen molar-refractivity contribution in [1.82, 2.24) is 10.3 Å². The Hall–Kier alpha value is -2.09. The number of aromatic nitrogens is 1. The second kappa shape index (κ2) is 7.49. The lowest BCUT2D eigenvalue weighted by Crippen LogP contribution is -2.28. The van der Waals surface area contributed by atoms with Crippen LogP contribution in [0.15, 0.2) is 6.07 Å². The van der Waals surface area contributed by atoms with Gasteiger partial charge in [-0.3, -0.25) is 9.78 Å². The second-order valence-electron chi connectivity index (χ2n) is 5.26. The zero-order valence-corrected chi connectivity index (χ0v) is 12.6. The van der Waals surface area contributed by atoms with E-state index >= 15 is 0 Å². The van der Waals surface area contributed by atoms with Gasteiger partial charge in [-0.25, -0.2) is 0 Å². The first kappa shape index (κ1) is 16.0. The molecule has 0 unspecified atom stereocenters. The van der Waals surface area contributed by atoms with Crippen molar-refractivity contribution in [3.8, 4) is 6.07 Å². The van der Waals surface area contributed by atoms with E-state index in [4.69, 9.17) is 5.26 Å². The molecular weight excluding hydrogens is 252 g/mol. The number of hydrogen-bond donors (Lipinski definition) is 2. The topological polar surface area (TPSA) is 77.8 Å². The molecule has 0 bridgehead atoms. The minimum Gasteiger partial charge on any atom is -0.383 e. The highest BCUT2D eigenvalue weighted by atomic mass is 16.1.